The fraction of sp³-hybridized carbons (Fsp3) is 0.333. The van der Waals surface area contributed by atoms with Gasteiger partial charge in [-0.3, -0.25) is 0 Å². The third-order valence-corrected chi connectivity index (χ3v) is 5.37. The maximum atomic E-state index is 12.4. The van der Waals surface area contributed by atoms with E-state index < -0.39 is 0 Å². The molecule has 0 spiro atoms. The molecular weight excluding hydrogens is 356 g/mol. The van der Waals surface area contributed by atoms with E-state index >= 15 is 0 Å². The number of thiocarbonyl (C=S) groups is 1. The van der Waals surface area contributed by atoms with Gasteiger partial charge in [-0.05, 0) is 56.1 Å². The van der Waals surface area contributed by atoms with Crippen molar-refractivity contribution < 1.29 is 14.3 Å². The van der Waals surface area contributed by atoms with Crippen LogP contribution in [0.3, 0.4) is 0 Å². The molecule has 1 aromatic heterocycles. The average molecular weight is 377 g/mol. The van der Waals surface area contributed by atoms with Gasteiger partial charge in [0.25, 0.3) is 0 Å². The summed E-state index contributed by atoms with van der Waals surface area (Å²) in [5.41, 5.74) is 2.56. The summed E-state index contributed by atoms with van der Waals surface area (Å²) in [6.07, 6.45) is 3.00. The second-order valence-corrected chi connectivity index (χ2v) is 7.11. The summed E-state index contributed by atoms with van der Waals surface area (Å²) in [6.45, 7) is 2.17. The number of thiophene rings is 1. The van der Waals surface area contributed by atoms with Crippen molar-refractivity contribution in [1.29, 1.82) is 0 Å². The summed E-state index contributed by atoms with van der Waals surface area (Å²) in [4.78, 5) is 13.6. The molecule has 2 N–H and O–H groups in total. The molecule has 1 heterocycles. The van der Waals surface area contributed by atoms with Gasteiger partial charge in [0.1, 0.15) is 10.8 Å². The van der Waals surface area contributed by atoms with Crippen LogP contribution in [0.1, 0.15) is 34.1 Å². The Hall–Kier alpha value is -2.12. The Morgan fingerprint density at radius 1 is 1.32 bits per heavy atom. The number of fused-ring (bicyclic) bond motifs is 1. The molecule has 0 bridgehead atoms. The fourth-order valence-corrected chi connectivity index (χ4v) is 4.44. The molecule has 25 heavy (non-hydrogen) atoms. The Bertz CT molecular complexity index is 802. The summed E-state index contributed by atoms with van der Waals surface area (Å²) in [5, 5.41) is 7.47. The third-order valence-electron chi connectivity index (χ3n) is 3.96. The maximum Gasteiger partial charge on any atom is 0.341 e. The van der Waals surface area contributed by atoms with Crippen LogP contribution in [0.4, 0.5) is 10.7 Å². The summed E-state index contributed by atoms with van der Waals surface area (Å²) in [7, 11) is 1.62. The highest BCUT2D eigenvalue weighted by molar-refractivity contribution is 7.80. The molecule has 2 aromatic rings. The second kappa shape index (κ2) is 7.84. The van der Waals surface area contributed by atoms with Crippen LogP contribution in [-0.2, 0) is 17.6 Å². The number of benzene rings is 1. The van der Waals surface area contributed by atoms with E-state index in [4.69, 9.17) is 21.7 Å². The number of esters is 1. The molecule has 1 aromatic carbocycles. The van der Waals surface area contributed by atoms with Gasteiger partial charge in [-0.2, -0.15) is 0 Å². The van der Waals surface area contributed by atoms with Gasteiger partial charge in [-0.15, -0.1) is 11.3 Å². The summed E-state index contributed by atoms with van der Waals surface area (Å²) < 4.78 is 10.4. The fourth-order valence-electron chi connectivity index (χ4n) is 2.88. The zero-order valence-electron chi connectivity index (χ0n) is 14.2. The van der Waals surface area contributed by atoms with Gasteiger partial charge in [0.15, 0.2) is 5.11 Å². The Labute approximate surface area is 156 Å². The van der Waals surface area contributed by atoms with Crippen LogP contribution in [0.5, 0.6) is 5.75 Å². The Morgan fingerprint density at radius 2 is 2.16 bits per heavy atom. The molecular formula is C18H20N2O3S2. The van der Waals surface area contributed by atoms with Crippen LogP contribution < -0.4 is 15.4 Å². The molecule has 132 valence electrons. The monoisotopic (exact) mass is 376 g/mol. The number of anilines is 2. The molecule has 0 unspecified atom stereocenters. The predicted molar refractivity (Wildman–Crippen MR) is 105 cm³/mol. The largest absolute Gasteiger partial charge is 0.497 e. The Morgan fingerprint density at radius 3 is 2.92 bits per heavy atom. The lowest BCUT2D eigenvalue weighted by molar-refractivity contribution is 0.0527. The standard InChI is InChI=1S/C18H20N2O3S2/c1-3-23-17(21)15-13-8-5-9-14(13)25-16(15)20-18(24)19-11-6-4-7-12(10-11)22-2/h4,6-7,10H,3,5,8-9H2,1-2H3,(H2,19,20,24). The highest BCUT2D eigenvalue weighted by atomic mass is 32.1. The van der Waals surface area contributed by atoms with E-state index in [2.05, 4.69) is 10.6 Å². The van der Waals surface area contributed by atoms with Crippen molar-refractivity contribution in [2.45, 2.75) is 26.2 Å². The molecule has 0 atom stereocenters. The number of hydrogen-bond acceptors (Lipinski definition) is 5. The number of hydrogen-bond donors (Lipinski definition) is 2. The van der Waals surface area contributed by atoms with E-state index in [0.717, 1.165) is 41.3 Å². The van der Waals surface area contributed by atoms with E-state index in [0.29, 0.717) is 17.3 Å². The molecule has 7 heteroatoms. The first-order valence-electron chi connectivity index (χ1n) is 8.16. The minimum absolute atomic E-state index is 0.284. The Kier molecular flexibility index (Phi) is 5.55. The van der Waals surface area contributed by atoms with Crippen molar-refractivity contribution in [2.24, 2.45) is 0 Å². The molecule has 0 saturated heterocycles. The minimum atomic E-state index is -0.284. The SMILES string of the molecule is CCOC(=O)c1c(NC(=S)Nc2cccc(OC)c2)sc2c1CCC2. The lowest BCUT2D eigenvalue weighted by Gasteiger charge is -2.12. The van der Waals surface area contributed by atoms with Gasteiger partial charge < -0.3 is 20.1 Å². The van der Waals surface area contributed by atoms with Crippen LogP contribution in [0, 0.1) is 0 Å². The van der Waals surface area contributed by atoms with Crippen molar-refractivity contribution in [3.63, 3.8) is 0 Å². The number of aryl methyl sites for hydroxylation is 1. The number of ether oxygens (including phenoxy) is 2. The highest BCUT2D eigenvalue weighted by Crippen LogP contribution is 2.39. The number of nitrogens with one attached hydrogen (secondary N) is 2. The zero-order valence-corrected chi connectivity index (χ0v) is 15.8. The van der Waals surface area contributed by atoms with Gasteiger partial charge in [0.05, 0.1) is 19.3 Å². The van der Waals surface area contributed by atoms with E-state index in [1.165, 1.54) is 4.88 Å². The van der Waals surface area contributed by atoms with Crippen molar-refractivity contribution in [3.05, 3.63) is 40.3 Å². The Balaban J connectivity index is 1.78. The first-order chi connectivity index (χ1) is 12.1. The molecule has 0 radical (unpaired) electrons. The van der Waals surface area contributed by atoms with Gasteiger partial charge in [-0.1, -0.05) is 6.07 Å². The van der Waals surface area contributed by atoms with E-state index in [1.54, 1.807) is 18.4 Å². The maximum absolute atomic E-state index is 12.4. The molecule has 1 aliphatic carbocycles. The first kappa shape index (κ1) is 17.7. The number of rotatable bonds is 5. The van der Waals surface area contributed by atoms with E-state index in [9.17, 15) is 4.79 Å². The van der Waals surface area contributed by atoms with Crippen LogP contribution in [-0.4, -0.2) is 24.8 Å². The molecule has 3 rings (SSSR count). The van der Waals surface area contributed by atoms with Gasteiger partial charge in [0, 0.05) is 16.6 Å². The highest BCUT2D eigenvalue weighted by Gasteiger charge is 2.27. The molecule has 1 aliphatic rings. The molecule has 0 aliphatic heterocycles. The van der Waals surface area contributed by atoms with Crippen molar-refractivity contribution in [3.8, 4) is 5.75 Å². The zero-order chi connectivity index (χ0) is 17.8. The quantitative estimate of drug-likeness (QED) is 0.601. The lowest BCUT2D eigenvalue weighted by atomic mass is 10.1. The van der Waals surface area contributed by atoms with Crippen molar-refractivity contribution >= 4 is 45.3 Å². The predicted octanol–water partition coefficient (Wildman–Crippen LogP) is 4.23. The lowest BCUT2D eigenvalue weighted by Crippen LogP contribution is -2.20. The summed E-state index contributed by atoms with van der Waals surface area (Å²) in [6, 6.07) is 7.50. The number of methoxy groups -OCH3 is 1. The van der Waals surface area contributed by atoms with Crippen LogP contribution in [0.2, 0.25) is 0 Å². The summed E-state index contributed by atoms with van der Waals surface area (Å²) in [5.74, 6) is 0.462. The molecule has 0 saturated carbocycles. The normalized spacial score (nSPS) is 12.4. The van der Waals surface area contributed by atoms with E-state index in [-0.39, 0.29) is 5.97 Å². The molecule has 5 nitrogen and oxygen atoms in total. The van der Waals surface area contributed by atoms with E-state index in [1.807, 2.05) is 31.2 Å². The minimum Gasteiger partial charge on any atom is -0.497 e. The number of carbonyl (C=O) groups excluding carboxylic acids is 1. The first-order valence-corrected chi connectivity index (χ1v) is 9.38. The van der Waals surface area contributed by atoms with Gasteiger partial charge in [0.2, 0.25) is 0 Å². The van der Waals surface area contributed by atoms with Crippen molar-refractivity contribution in [2.75, 3.05) is 24.4 Å². The molecule has 0 fully saturated rings. The topological polar surface area (TPSA) is 59.6 Å². The summed E-state index contributed by atoms with van der Waals surface area (Å²) >= 11 is 6.99. The smallest absolute Gasteiger partial charge is 0.341 e. The number of carbonyl (C=O) groups is 1. The molecule has 0 amide bonds. The third kappa shape index (κ3) is 3.93. The van der Waals surface area contributed by atoms with Crippen LogP contribution in [0.15, 0.2) is 24.3 Å². The van der Waals surface area contributed by atoms with Gasteiger partial charge in [-0.25, -0.2) is 4.79 Å². The second-order valence-electron chi connectivity index (χ2n) is 5.59. The average Bonchev–Trinajstić information content (AvgIpc) is 3.15. The van der Waals surface area contributed by atoms with Crippen LogP contribution >= 0.6 is 23.6 Å². The van der Waals surface area contributed by atoms with Gasteiger partial charge >= 0.3 is 5.97 Å². The van der Waals surface area contributed by atoms with Crippen molar-refractivity contribution in [1.82, 2.24) is 0 Å². The van der Waals surface area contributed by atoms with Crippen LogP contribution in [0.25, 0.3) is 0 Å².